The molecule has 0 saturated heterocycles. The zero-order valence-electron chi connectivity index (χ0n) is 12.5. The highest BCUT2D eigenvalue weighted by Gasteiger charge is 2.11. The van der Waals surface area contributed by atoms with E-state index in [-0.39, 0.29) is 5.78 Å². The van der Waals surface area contributed by atoms with Crippen LogP contribution < -0.4 is 0 Å². The highest BCUT2D eigenvalue weighted by Crippen LogP contribution is 2.27. The molecule has 1 aliphatic carbocycles. The number of carbonyl (C=O) groups excluding carboxylic acids is 1. The van der Waals surface area contributed by atoms with Crippen LogP contribution in [0, 0.1) is 0 Å². The van der Waals surface area contributed by atoms with E-state index in [1.165, 1.54) is 10.1 Å². The van der Waals surface area contributed by atoms with E-state index in [0.717, 1.165) is 29.7 Å². The Morgan fingerprint density at radius 2 is 2.23 bits per heavy atom. The summed E-state index contributed by atoms with van der Waals surface area (Å²) in [6.45, 7) is 2.60. The molecule has 0 N–H and O–H groups in total. The number of hydrogen-bond acceptors (Lipinski definition) is 3. The summed E-state index contributed by atoms with van der Waals surface area (Å²) >= 11 is 1.70. The summed E-state index contributed by atoms with van der Waals surface area (Å²) in [5, 5.41) is 3.28. The molecule has 0 amide bonds. The summed E-state index contributed by atoms with van der Waals surface area (Å²) < 4.78 is 6.76. The van der Waals surface area contributed by atoms with E-state index in [0.29, 0.717) is 6.61 Å². The minimum atomic E-state index is 0.0344. The van der Waals surface area contributed by atoms with Gasteiger partial charge in [0.1, 0.15) is 0 Å². The highest BCUT2D eigenvalue weighted by molar-refractivity contribution is 7.17. The van der Waals surface area contributed by atoms with Gasteiger partial charge in [-0.3, -0.25) is 4.79 Å². The summed E-state index contributed by atoms with van der Waals surface area (Å²) in [6.07, 6.45) is 9.16. The molecule has 0 bridgehead atoms. The van der Waals surface area contributed by atoms with Crippen LogP contribution in [0.15, 0.2) is 59.2 Å². The molecule has 0 spiro atoms. The number of fused-ring (bicyclic) bond motifs is 1. The maximum absolute atomic E-state index is 12.3. The fraction of sp³-hybridized carbons (Fsp3) is 0.211. The minimum absolute atomic E-state index is 0.0344. The smallest absolute Gasteiger partial charge is 0.185 e. The first-order valence-electron chi connectivity index (χ1n) is 7.50. The van der Waals surface area contributed by atoms with Crippen molar-refractivity contribution in [2.24, 2.45) is 0 Å². The lowest BCUT2D eigenvalue weighted by Crippen LogP contribution is -2.03. The molecule has 1 aromatic carbocycles. The first kappa shape index (κ1) is 14.8. The van der Waals surface area contributed by atoms with Gasteiger partial charge in [0.05, 0.1) is 12.4 Å². The molecule has 2 nitrogen and oxygen atoms in total. The number of rotatable bonds is 5. The quantitative estimate of drug-likeness (QED) is 0.716. The number of allylic oxidation sites excluding steroid dienone is 5. The van der Waals surface area contributed by atoms with Gasteiger partial charge in [0.25, 0.3) is 0 Å². The van der Waals surface area contributed by atoms with E-state index in [1.54, 1.807) is 17.4 Å². The minimum Gasteiger partial charge on any atom is -0.498 e. The predicted molar refractivity (Wildman–Crippen MR) is 92.9 cm³/mol. The molecule has 0 unspecified atom stereocenters. The Kier molecular flexibility index (Phi) is 4.54. The lowest BCUT2D eigenvalue weighted by atomic mass is 10.0. The Hall–Kier alpha value is -2.13. The van der Waals surface area contributed by atoms with Crippen LogP contribution in [0.25, 0.3) is 16.2 Å². The summed E-state index contributed by atoms with van der Waals surface area (Å²) in [4.78, 5) is 12.3. The summed E-state index contributed by atoms with van der Waals surface area (Å²) in [5.41, 5.74) is 1.82. The molecule has 0 radical (unpaired) electrons. The number of ketones is 1. The van der Waals surface area contributed by atoms with Crippen molar-refractivity contribution >= 4 is 33.3 Å². The van der Waals surface area contributed by atoms with Crippen molar-refractivity contribution in [3.63, 3.8) is 0 Å². The van der Waals surface area contributed by atoms with Gasteiger partial charge < -0.3 is 4.74 Å². The molecule has 0 fully saturated rings. The van der Waals surface area contributed by atoms with Crippen molar-refractivity contribution in [3.8, 4) is 0 Å². The van der Waals surface area contributed by atoms with Crippen molar-refractivity contribution in [3.05, 3.63) is 64.8 Å². The van der Waals surface area contributed by atoms with Crippen molar-refractivity contribution < 1.29 is 9.53 Å². The summed E-state index contributed by atoms with van der Waals surface area (Å²) in [5.74, 6) is 0.940. The van der Waals surface area contributed by atoms with Gasteiger partial charge >= 0.3 is 0 Å². The Bertz CT molecular complexity index is 778. The van der Waals surface area contributed by atoms with Crippen LogP contribution in [-0.4, -0.2) is 12.4 Å². The second-order valence-electron chi connectivity index (χ2n) is 5.13. The Morgan fingerprint density at radius 3 is 3.09 bits per heavy atom. The number of thiophene rings is 1. The highest BCUT2D eigenvalue weighted by atomic mass is 32.1. The second kappa shape index (κ2) is 6.75. The lowest BCUT2D eigenvalue weighted by Gasteiger charge is -2.12. The molecule has 1 aliphatic rings. The van der Waals surface area contributed by atoms with E-state index in [1.807, 2.05) is 37.3 Å². The molecule has 3 heteroatoms. The van der Waals surface area contributed by atoms with Crippen LogP contribution in [0.1, 0.15) is 25.3 Å². The molecule has 2 aromatic rings. The van der Waals surface area contributed by atoms with Gasteiger partial charge in [0.2, 0.25) is 0 Å². The summed E-state index contributed by atoms with van der Waals surface area (Å²) in [7, 11) is 0. The molecule has 0 aliphatic heterocycles. The van der Waals surface area contributed by atoms with Gasteiger partial charge in [-0.15, -0.1) is 11.3 Å². The number of hydrogen-bond donors (Lipinski definition) is 0. The maximum atomic E-state index is 12.3. The first-order valence-corrected chi connectivity index (χ1v) is 8.38. The Labute approximate surface area is 134 Å². The average molecular weight is 310 g/mol. The lowest BCUT2D eigenvalue weighted by molar-refractivity contribution is -0.111. The van der Waals surface area contributed by atoms with Gasteiger partial charge in [0.15, 0.2) is 5.78 Å². The fourth-order valence-electron chi connectivity index (χ4n) is 2.53. The van der Waals surface area contributed by atoms with Crippen LogP contribution in [0.5, 0.6) is 0 Å². The van der Waals surface area contributed by atoms with Gasteiger partial charge in [-0.1, -0.05) is 24.3 Å². The molecule has 0 atom stereocenters. The van der Waals surface area contributed by atoms with Crippen molar-refractivity contribution in [2.45, 2.75) is 19.8 Å². The standard InChI is InChI=1S/C19H18O2S/c1-2-21-16-7-5-6-14(12-16)18(20)11-10-15-13-22-19-9-4-3-8-17(15)19/h3-4,6,8-13H,2,5,7H2,1H3/b11-10+. The normalized spacial score (nSPS) is 15.0. The third-order valence-electron chi connectivity index (χ3n) is 3.61. The van der Waals surface area contributed by atoms with E-state index in [2.05, 4.69) is 17.5 Å². The second-order valence-corrected chi connectivity index (χ2v) is 6.04. The average Bonchev–Trinajstić information content (AvgIpc) is 2.96. The van der Waals surface area contributed by atoms with Crippen LogP contribution in [-0.2, 0) is 9.53 Å². The predicted octanol–water partition coefficient (Wildman–Crippen LogP) is 5.12. The monoisotopic (exact) mass is 310 g/mol. The van der Waals surface area contributed by atoms with Crippen LogP contribution in [0.4, 0.5) is 0 Å². The third-order valence-corrected chi connectivity index (χ3v) is 4.59. The fourth-order valence-corrected chi connectivity index (χ4v) is 3.46. The van der Waals surface area contributed by atoms with Gasteiger partial charge in [-0.05, 0) is 54.0 Å². The number of ether oxygens (including phenoxy) is 1. The first-order chi connectivity index (χ1) is 10.8. The topological polar surface area (TPSA) is 26.3 Å². The SMILES string of the molecule is CCOC1=CC(C(=O)/C=C/c2csc3ccccc23)=CCC1. The van der Waals surface area contributed by atoms with E-state index in [9.17, 15) is 4.79 Å². The molecule has 0 saturated carbocycles. The number of benzene rings is 1. The molecular formula is C19H18O2S. The number of carbonyl (C=O) groups is 1. The van der Waals surface area contributed by atoms with Crippen LogP contribution >= 0.6 is 11.3 Å². The van der Waals surface area contributed by atoms with Crippen molar-refractivity contribution in [2.75, 3.05) is 6.61 Å². The van der Waals surface area contributed by atoms with Gasteiger partial charge in [0, 0.05) is 16.7 Å². The van der Waals surface area contributed by atoms with Crippen LogP contribution in [0.2, 0.25) is 0 Å². The maximum Gasteiger partial charge on any atom is 0.185 e. The van der Waals surface area contributed by atoms with E-state index >= 15 is 0 Å². The molecule has 1 aromatic heterocycles. The Morgan fingerprint density at radius 1 is 1.36 bits per heavy atom. The van der Waals surface area contributed by atoms with E-state index < -0.39 is 0 Å². The van der Waals surface area contributed by atoms with Gasteiger partial charge in [-0.25, -0.2) is 0 Å². The molecule has 1 heterocycles. The van der Waals surface area contributed by atoms with Crippen LogP contribution in [0.3, 0.4) is 0 Å². The van der Waals surface area contributed by atoms with Gasteiger partial charge in [-0.2, -0.15) is 0 Å². The van der Waals surface area contributed by atoms with Crippen molar-refractivity contribution in [1.29, 1.82) is 0 Å². The zero-order chi connectivity index (χ0) is 15.4. The van der Waals surface area contributed by atoms with Crippen molar-refractivity contribution in [1.82, 2.24) is 0 Å². The molecule has 3 rings (SSSR count). The Balaban J connectivity index is 1.78. The summed E-state index contributed by atoms with van der Waals surface area (Å²) in [6, 6.07) is 8.24. The largest absolute Gasteiger partial charge is 0.498 e. The molecule has 112 valence electrons. The molecule has 22 heavy (non-hydrogen) atoms. The zero-order valence-corrected chi connectivity index (χ0v) is 13.4. The van der Waals surface area contributed by atoms with E-state index in [4.69, 9.17) is 4.74 Å². The molecular weight excluding hydrogens is 292 g/mol. The third kappa shape index (κ3) is 3.20.